The SMILES string of the molecule is Cc1cccc(-c2[nH]ncc2I)c1. The molecule has 0 aliphatic carbocycles. The fourth-order valence-corrected chi connectivity index (χ4v) is 1.85. The largest absolute Gasteiger partial charge is 0.277 e. The molecule has 66 valence electrons. The highest BCUT2D eigenvalue weighted by molar-refractivity contribution is 14.1. The van der Waals surface area contributed by atoms with Gasteiger partial charge in [-0.1, -0.05) is 23.8 Å². The summed E-state index contributed by atoms with van der Waals surface area (Å²) < 4.78 is 1.16. The summed E-state index contributed by atoms with van der Waals surface area (Å²) >= 11 is 2.28. The van der Waals surface area contributed by atoms with E-state index in [1.165, 1.54) is 11.1 Å². The number of benzene rings is 1. The first-order valence-electron chi connectivity index (χ1n) is 4.03. The van der Waals surface area contributed by atoms with Crippen molar-refractivity contribution in [2.24, 2.45) is 0 Å². The van der Waals surface area contributed by atoms with Crippen LogP contribution in [0.4, 0.5) is 0 Å². The number of hydrogen-bond donors (Lipinski definition) is 1. The lowest BCUT2D eigenvalue weighted by Gasteiger charge is -1.99. The van der Waals surface area contributed by atoms with E-state index in [1.807, 2.05) is 6.20 Å². The van der Waals surface area contributed by atoms with Gasteiger partial charge in [0.2, 0.25) is 0 Å². The molecule has 2 aromatic rings. The second-order valence-electron chi connectivity index (χ2n) is 2.96. The standard InChI is InChI=1S/C10H9IN2/c1-7-3-2-4-8(5-7)10-9(11)6-12-13-10/h2-6H,1H3,(H,12,13). The normalized spacial score (nSPS) is 10.3. The minimum Gasteiger partial charge on any atom is -0.277 e. The molecule has 1 heterocycles. The van der Waals surface area contributed by atoms with Crippen molar-refractivity contribution < 1.29 is 0 Å². The van der Waals surface area contributed by atoms with Crippen LogP contribution in [0.1, 0.15) is 5.56 Å². The Bertz CT molecular complexity index is 420. The number of aromatic amines is 1. The number of H-pyrrole nitrogens is 1. The van der Waals surface area contributed by atoms with Gasteiger partial charge in [-0.05, 0) is 35.6 Å². The molecule has 0 unspecified atom stereocenters. The van der Waals surface area contributed by atoms with E-state index in [0.29, 0.717) is 0 Å². The molecule has 2 nitrogen and oxygen atoms in total. The summed E-state index contributed by atoms with van der Waals surface area (Å²) in [5.41, 5.74) is 3.56. The topological polar surface area (TPSA) is 28.7 Å². The number of nitrogens with zero attached hydrogens (tertiary/aromatic N) is 1. The maximum atomic E-state index is 4.00. The molecular formula is C10H9IN2. The predicted molar refractivity (Wildman–Crippen MR) is 61.5 cm³/mol. The van der Waals surface area contributed by atoms with Gasteiger partial charge in [-0.25, -0.2) is 0 Å². The van der Waals surface area contributed by atoms with Crippen LogP contribution in [-0.2, 0) is 0 Å². The highest BCUT2D eigenvalue weighted by atomic mass is 127. The molecule has 2 rings (SSSR count). The van der Waals surface area contributed by atoms with Crippen molar-refractivity contribution in [2.45, 2.75) is 6.92 Å². The predicted octanol–water partition coefficient (Wildman–Crippen LogP) is 2.99. The van der Waals surface area contributed by atoms with Crippen molar-refractivity contribution in [1.29, 1.82) is 0 Å². The molecule has 0 bridgehead atoms. The van der Waals surface area contributed by atoms with Crippen molar-refractivity contribution in [1.82, 2.24) is 10.2 Å². The van der Waals surface area contributed by atoms with Gasteiger partial charge in [-0.15, -0.1) is 0 Å². The average molecular weight is 284 g/mol. The minimum atomic E-state index is 1.10. The first-order chi connectivity index (χ1) is 6.27. The van der Waals surface area contributed by atoms with E-state index in [1.54, 1.807) is 0 Å². The minimum absolute atomic E-state index is 1.10. The summed E-state index contributed by atoms with van der Waals surface area (Å²) in [5.74, 6) is 0. The fraction of sp³-hybridized carbons (Fsp3) is 0.100. The molecule has 1 N–H and O–H groups in total. The van der Waals surface area contributed by atoms with Crippen molar-refractivity contribution in [3.8, 4) is 11.3 Å². The van der Waals surface area contributed by atoms with Gasteiger partial charge >= 0.3 is 0 Å². The molecule has 0 aliphatic heterocycles. The number of rotatable bonds is 1. The van der Waals surface area contributed by atoms with Crippen LogP contribution in [0.25, 0.3) is 11.3 Å². The molecule has 0 saturated heterocycles. The van der Waals surface area contributed by atoms with E-state index in [-0.39, 0.29) is 0 Å². The number of halogens is 1. The van der Waals surface area contributed by atoms with Gasteiger partial charge in [-0.3, -0.25) is 5.10 Å². The molecule has 0 atom stereocenters. The quantitative estimate of drug-likeness (QED) is 0.801. The zero-order valence-corrected chi connectivity index (χ0v) is 9.37. The Morgan fingerprint density at radius 3 is 2.85 bits per heavy atom. The second-order valence-corrected chi connectivity index (χ2v) is 4.12. The Balaban J connectivity index is 2.53. The Morgan fingerprint density at radius 1 is 1.38 bits per heavy atom. The lowest BCUT2D eigenvalue weighted by molar-refractivity contribution is 1.09. The third-order valence-corrected chi connectivity index (χ3v) is 2.72. The first kappa shape index (κ1) is 8.74. The summed E-state index contributed by atoms with van der Waals surface area (Å²) in [6.07, 6.45) is 1.83. The monoisotopic (exact) mass is 284 g/mol. The zero-order valence-electron chi connectivity index (χ0n) is 7.21. The van der Waals surface area contributed by atoms with Crippen LogP contribution >= 0.6 is 22.6 Å². The van der Waals surface area contributed by atoms with Gasteiger partial charge in [0.05, 0.1) is 15.5 Å². The molecule has 0 fully saturated rings. The third-order valence-electron chi connectivity index (χ3n) is 1.90. The highest BCUT2D eigenvalue weighted by Crippen LogP contribution is 2.22. The Kier molecular flexibility index (Phi) is 2.35. The van der Waals surface area contributed by atoms with E-state index in [2.05, 4.69) is 64.0 Å². The Morgan fingerprint density at radius 2 is 2.23 bits per heavy atom. The summed E-state index contributed by atoms with van der Waals surface area (Å²) in [6.45, 7) is 2.09. The molecule has 1 aromatic heterocycles. The summed E-state index contributed by atoms with van der Waals surface area (Å²) in [5, 5.41) is 6.99. The van der Waals surface area contributed by atoms with Crippen molar-refractivity contribution in [3.63, 3.8) is 0 Å². The van der Waals surface area contributed by atoms with Crippen LogP contribution in [0, 0.1) is 10.5 Å². The Hall–Kier alpha value is -0.840. The number of hydrogen-bond acceptors (Lipinski definition) is 1. The van der Waals surface area contributed by atoms with Crippen LogP contribution in [0.3, 0.4) is 0 Å². The molecule has 0 spiro atoms. The van der Waals surface area contributed by atoms with Gasteiger partial charge < -0.3 is 0 Å². The van der Waals surface area contributed by atoms with Crippen molar-refractivity contribution in [2.75, 3.05) is 0 Å². The van der Waals surface area contributed by atoms with Crippen molar-refractivity contribution in [3.05, 3.63) is 39.6 Å². The third kappa shape index (κ3) is 1.75. The van der Waals surface area contributed by atoms with E-state index < -0.39 is 0 Å². The highest BCUT2D eigenvalue weighted by Gasteiger charge is 2.03. The lowest BCUT2D eigenvalue weighted by Crippen LogP contribution is -1.81. The van der Waals surface area contributed by atoms with Crippen LogP contribution in [0.15, 0.2) is 30.5 Å². The smallest absolute Gasteiger partial charge is 0.0783 e. The summed E-state index contributed by atoms with van der Waals surface area (Å²) in [7, 11) is 0. The van der Waals surface area contributed by atoms with Gasteiger partial charge in [-0.2, -0.15) is 5.10 Å². The van der Waals surface area contributed by atoms with E-state index in [9.17, 15) is 0 Å². The molecule has 1 aromatic carbocycles. The van der Waals surface area contributed by atoms with Gasteiger partial charge in [0, 0.05) is 5.56 Å². The van der Waals surface area contributed by atoms with Crippen LogP contribution < -0.4 is 0 Å². The molecule has 0 saturated carbocycles. The number of nitrogens with one attached hydrogen (secondary N) is 1. The summed E-state index contributed by atoms with van der Waals surface area (Å²) in [4.78, 5) is 0. The fourth-order valence-electron chi connectivity index (χ4n) is 1.27. The second kappa shape index (κ2) is 3.49. The van der Waals surface area contributed by atoms with Crippen LogP contribution in [0.2, 0.25) is 0 Å². The molecule has 0 radical (unpaired) electrons. The van der Waals surface area contributed by atoms with E-state index >= 15 is 0 Å². The zero-order chi connectivity index (χ0) is 9.26. The van der Waals surface area contributed by atoms with Gasteiger partial charge in [0.1, 0.15) is 0 Å². The lowest BCUT2D eigenvalue weighted by atomic mass is 10.1. The Labute approximate surface area is 90.5 Å². The number of aromatic nitrogens is 2. The van der Waals surface area contributed by atoms with E-state index in [4.69, 9.17) is 0 Å². The molecule has 0 amide bonds. The average Bonchev–Trinajstić information content (AvgIpc) is 2.51. The van der Waals surface area contributed by atoms with Crippen LogP contribution in [0.5, 0.6) is 0 Å². The molecular weight excluding hydrogens is 275 g/mol. The maximum absolute atomic E-state index is 4.00. The van der Waals surface area contributed by atoms with Gasteiger partial charge in [0.25, 0.3) is 0 Å². The molecule has 13 heavy (non-hydrogen) atoms. The number of aryl methyl sites for hydroxylation is 1. The maximum Gasteiger partial charge on any atom is 0.0783 e. The molecule has 3 heteroatoms. The van der Waals surface area contributed by atoms with Crippen molar-refractivity contribution >= 4 is 22.6 Å². The summed E-state index contributed by atoms with van der Waals surface area (Å²) in [6, 6.07) is 8.38. The van der Waals surface area contributed by atoms with Gasteiger partial charge in [0.15, 0.2) is 0 Å². The first-order valence-corrected chi connectivity index (χ1v) is 5.11. The van der Waals surface area contributed by atoms with E-state index in [0.717, 1.165) is 9.26 Å². The van der Waals surface area contributed by atoms with Crippen LogP contribution in [-0.4, -0.2) is 10.2 Å². The molecule has 0 aliphatic rings.